The van der Waals surface area contributed by atoms with Crippen molar-refractivity contribution in [2.24, 2.45) is 0 Å². The maximum Gasteiger partial charge on any atom is 4.00 e. The van der Waals surface area contributed by atoms with Gasteiger partial charge in [0.05, 0.1) is 0 Å². The summed E-state index contributed by atoms with van der Waals surface area (Å²) >= 11 is 0. The van der Waals surface area contributed by atoms with Gasteiger partial charge in [-0.3, -0.25) is 0 Å². The number of rotatable bonds is 0. The van der Waals surface area contributed by atoms with E-state index in [1.165, 1.54) is 21.5 Å². The van der Waals surface area contributed by atoms with Gasteiger partial charge in [-0.15, -0.1) is 59.3 Å². The van der Waals surface area contributed by atoms with E-state index in [-0.39, 0.29) is 102 Å². The maximum absolute atomic E-state index is 2.21. The van der Waals surface area contributed by atoms with Gasteiger partial charge in [0, 0.05) is 9.52 Å². The van der Waals surface area contributed by atoms with Crippen molar-refractivity contribution in [3.63, 3.8) is 0 Å². The summed E-state index contributed by atoms with van der Waals surface area (Å²) in [7, 11) is 0.750. The van der Waals surface area contributed by atoms with Crippen molar-refractivity contribution in [3.05, 3.63) is 84.9 Å². The SMILES string of the molecule is C[SiH]C.[Cl-].[Cl-].[Cl-].[Cl-].[Zr+3].[Zr+4].c1ccc2[cH-]ccc2c1.c1ccc2[cH-]ccc2c1. The van der Waals surface area contributed by atoms with Crippen LogP contribution in [-0.2, 0) is 52.4 Å². The van der Waals surface area contributed by atoms with Gasteiger partial charge < -0.3 is 49.6 Å². The summed E-state index contributed by atoms with van der Waals surface area (Å²) in [5.41, 5.74) is 0. The Morgan fingerprint density at radius 3 is 1.19 bits per heavy atom. The summed E-state index contributed by atoms with van der Waals surface area (Å²) in [4.78, 5) is 0. The molecule has 4 rings (SSSR count). The molecule has 2 radical (unpaired) electrons. The number of halogens is 4. The third-order valence-corrected chi connectivity index (χ3v) is 3.10. The molecule has 0 bridgehead atoms. The van der Waals surface area contributed by atoms with Gasteiger partial charge in [-0.2, -0.15) is 35.0 Å². The van der Waals surface area contributed by atoms with E-state index in [1.807, 2.05) is 0 Å². The first-order chi connectivity index (χ1) is 10.3. The van der Waals surface area contributed by atoms with Crippen molar-refractivity contribution in [1.82, 2.24) is 0 Å². The molecule has 0 saturated carbocycles. The summed E-state index contributed by atoms with van der Waals surface area (Å²) in [6.07, 6.45) is 0. The van der Waals surface area contributed by atoms with Crippen LogP contribution in [0.1, 0.15) is 0 Å². The first-order valence-electron chi connectivity index (χ1n) is 7.30. The van der Waals surface area contributed by atoms with Gasteiger partial charge in [-0.05, 0) is 0 Å². The van der Waals surface area contributed by atoms with Crippen LogP contribution >= 0.6 is 0 Å². The second kappa shape index (κ2) is 23.1. The van der Waals surface area contributed by atoms with Gasteiger partial charge in [-0.1, -0.05) is 25.2 Å². The molecule has 0 saturated heterocycles. The minimum atomic E-state index is 0. The molecular weight excluding hydrogens is 593 g/mol. The molecule has 0 aliphatic rings. The molecule has 27 heavy (non-hydrogen) atoms. The van der Waals surface area contributed by atoms with Crippen LogP contribution in [0.5, 0.6) is 0 Å². The van der Waals surface area contributed by atoms with E-state index in [1.54, 1.807) is 0 Å². The minimum Gasteiger partial charge on any atom is -1.00 e. The van der Waals surface area contributed by atoms with Crippen molar-refractivity contribution >= 4 is 31.1 Å². The monoisotopic (exact) mass is 609 g/mol. The zero-order chi connectivity index (χ0) is 14.9. The molecule has 0 N–H and O–H groups in total. The fraction of sp³-hybridized carbons (Fsp3) is 0.100. The first-order valence-corrected chi connectivity index (χ1v) is 9.61. The van der Waals surface area contributed by atoms with Crippen molar-refractivity contribution in [2.45, 2.75) is 13.1 Å². The summed E-state index contributed by atoms with van der Waals surface area (Å²) in [6.45, 7) is 4.42. The topological polar surface area (TPSA) is 0 Å². The summed E-state index contributed by atoms with van der Waals surface area (Å²) < 4.78 is 0. The predicted octanol–water partition coefficient (Wildman–Crippen LogP) is -6.35. The van der Waals surface area contributed by atoms with Gasteiger partial charge in [0.1, 0.15) is 0 Å². The molecule has 0 heterocycles. The molecule has 0 aliphatic carbocycles. The smallest absolute Gasteiger partial charge is 1.00 e. The van der Waals surface area contributed by atoms with Crippen LogP contribution in [-0.4, -0.2) is 9.52 Å². The Morgan fingerprint density at radius 2 is 0.889 bits per heavy atom. The predicted molar refractivity (Wildman–Crippen MR) is 98.0 cm³/mol. The standard InChI is InChI=1S/2C9H7.C2H7Si.4ClH.2Zr/c2*1-2-5-9-7-3-6-8(9)4-1;1-3-2;;;;;;/h2*1-7H;3H,1-2H3;4*1H;;/q2*-1;;;;;;+3;+4/p-4. The minimum absolute atomic E-state index is 0. The third-order valence-electron chi connectivity index (χ3n) is 3.10. The van der Waals surface area contributed by atoms with Gasteiger partial charge in [0.25, 0.3) is 0 Å². The molecule has 0 aliphatic heterocycles. The van der Waals surface area contributed by atoms with Crippen molar-refractivity contribution in [1.29, 1.82) is 0 Å². The average Bonchev–Trinajstić information content (AvgIpc) is 3.17. The molecule has 7 heteroatoms. The van der Waals surface area contributed by atoms with E-state index < -0.39 is 0 Å². The Balaban J connectivity index is -0.0000000876. The molecule has 0 aromatic heterocycles. The molecule has 4 aromatic rings. The van der Waals surface area contributed by atoms with Crippen LogP contribution in [0.25, 0.3) is 21.5 Å². The number of fused-ring (bicyclic) bond motifs is 2. The molecule has 0 nitrogen and oxygen atoms in total. The van der Waals surface area contributed by atoms with E-state index in [0.29, 0.717) is 0 Å². The molecule has 140 valence electrons. The molecular formula is C20H21Cl4SiZr2+. The number of benzene rings is 2. The maximum atomic E-state index is 2.21. The first kappa shape index (κ1) is 38.4. The fourth-order valence-electron chi connectivity index (χ4n) is 2.14. The van der Waals surface area contributed by atoms with E-state index in [0.717, 1.165) is 9.52 Å². The molecule has 0 amide bonds. The Labute approximate surface area is 228 Å². The van der Waals surface area contributed by atoms with Gasteiger partial charge in [-0.25, -0.2) is 0 Å². The zero-order valence-electron chi connectivity index (χ0n) is 15.2. The molecule has 0 unspecified atom stereocenters. The number of hydrogen-bond donors (Lipinski definition) is 0. The zero-order valence-corrected chi connectivity index (χ0v) is 24.3. The van der Waals surface area contributed by atoms with E-state index >= 15 is 0 Å². The van der Waals surface area contributed by atoms with Crippen molar-refractivity contribution in [2.75, 3.05) is 0 Å². The molecule has 4 aromatic carbocycles. The van der Waals surface area contributed by atoms with E-state index in [4.69, 9.17) is 0 Å². The van der Waals surface area contributed by atoms with Crippen LogP contribution in [0.15, 0.2) is 84.9 Å². The van der Waals surface area contributed by atoms with Crippen molar-refractivity contribution < 1.29 is 102 Å². The third kappa shape index (κ3) is 13.6. The van der Waals surface area contributed by atoms with Gasteiger partial charge in [0.2, 0.25) is 0 Å². The number of hydrogen-bond acceptors (Lipinski definition) is 0. The molecule has 0 atom stereocenters. The summed E-state index contributed by atoms with van der Waals surface area (Å²) in [6, 6.07) is 29.3. The molecule has 0 fully saturated rings. The van der Waals surface area contributed by atoms with Crippen LogP contribution in [0, 0.1) is 0 Å². The Bertz CT molecular complexity index is 661. The molecule has 0 spiro atoms. The fourth-order valence-corrected chi connectivity index (χ4v) is 2.14. The second-order valence-electron chi connectivity index (χ2n) is 4.89. The van der Waals surface area contributed by atoms with Crippen LogP contribution in [0.4, 0.5) is 0 Å². The Hall–Kier alpha value is 0.803. The van der Waals surface area contributed by atoms with Crippen LogP contribution < -0.4 is 49.6 Å². The van der Waals surface area contributed by atoms with Gasteiger partial charge >= 0.3 is 52.4 Å². The van der Waals surface area contributed by atoms with E-state index in [2.05, 4.69) is 98.0 Å². The summed E-state index contributed by atoms with van der Waals surface area (Å²) in [5.74, 6) is 0. The quantitative estimate of drug-likeness (QED) is 0.137. The van der Waals surface area contributed by atoms with Crippen LogP contribution in [0.2, 0.25) is 13.1 Å². The Morgan fingerprint density at radius 1 is 0.593 bits per heavy atom. The largest absolute Gasteiger partial charge is 4.00 e. The van der Waals surface area contributed by atoms with Gasteiger partial charge in [0.15, 0.2) is 0 Å². The Kier molecular flexibility index (Phi) is 32.8. The van der Waals surface area contributed by atoms with Crippen LogP contribution in [0.3, 0.4) is 0 Å². The normalized spacial score (nSPS) is 7.48. The van der Waals surface area contributed by atoms with Crippen molar-refractivity contribution in [3.8, 4) is 0 Å². The average molecular weight is 614 g/mol. The summed E-state index contributed by atoms with van der Waals surface area (Å²) in [5, 5.41) is 5.32. The second-order valence-corrected chi connectivity index (χ2v) is 6.04. The van der Waals surface area contributed by atoms with E-state index in [9.17, 15) is 0 Å².